The first-order valence-electron chi connectivity index (χ1n) is 7.69. The molecule has 0 radical (unpaired) electrons. The van der Waals surface area contributed by atoms with Crippen LogP contribution in [0, 0.1) is 0 Å². The maximum atomic E-state index is 5.33. The second-order valence-corrected chi connectivity index (χ2v) is 6.53. The molecule has 2 aromatic heterocycles. The third kappa shape index (κ3) is 3.60. The summed E-state index contributed by atoms with van der Waals surface area (Å²) in [4.78, 5) is 5.69. The normalized spacial score (nSPS) is 10.8. The zero-order valence-electron chi connectivity index (χ0n) is 14.1. The Hall–Kier alpha value is -2.31. The molecule has 0 aliphatic rings. The Kier molecular flexibility index (Phi) is 5.17. The zero-order valence-corrected chi connectivity index (χ0v) is 14.9. The van der Waals surface area contributed by atoms with Gasteiger partial charge in [0.15, 0.2) is 11.5 Å². The molecular formula is C18H21N3O2S. The molecule has 0 unspecified atom stereocenters. The molecule has 6 heteroatoms. The van der Waals surface area contributed by atoms with Gasteiger partial charge in [0.1, 0.15) is 5.01 Å². The number of benzene rings is 1. The van der Waals surface area contributed by atoms with Gasteiger partial charge in [0.25, 0.3) is 0 Å². The van der Waals surface area contributed by atoms with Gasteiger partial charge < -0.3 is 19.4 Å². The van der Waals surface area contributed by atoms with E-state index < -0.39 is 0 Å². The predicted molar refractivity (Wildman–Crippen MR) is 96.6 cm³/mol. The molecule has 1 aromatic carbocycles. The van der Waals surface area contributed by atoms with Crippen molar-refractivity contribution in [3.8, 4) is 22.1 Å². The van der Waals surface area contributed by atoms with Crippen molar-refractivity contribution in [1.29, 1.82) is 0 Å². The summed E-state index contributed by atoms with van der Waals surface area (Å²) in [6.45, 7) is 1.49. The van der Waals surface area contributed by atoms with E-state index in [1.54, 1.807) is 25.6 Å². The van der Waals surface area contributed by atoms with Crippen molar-refractivity contribution in [2.24, 2.45) is 7.05 Å². The van der Waals surface area contributed by atoms with E-state index in [2.05, 4.69) is 20.9 Å². The molecule has 0 amide bonds. The van der Waals surface area contributed by atoms with Crippen molar-refractivity contribution in [2.45, 2.75) is 13.1 Å². The molecule has 0 aliphatic carbocycles. The number of aromatic nitrogens is 2. The largest absolute Gasteiger partial charge is 0.493 e. The van der Waals surface area contributed by atoms with E-state index in [1.807, 2.05) is 43.7 Å². The summed E-state index contributed by atoms with van der Waals surface area (Å²) in [6.07, 6.45) is 3.98. The number of aryl methyl sites for hydroxylation is 1. The maximum Gasteiger partial charge on any atom is 0.161 e. The molecular weight excluding hydrogens is 322 g/mol. The molecule has 0 bridgehead atoms. The smallest absolute Gasteiger partial charge is 0.161 e. The Bertz CT molecular complexity index is 810. The van der Waals surface area contributed by atoms with Gasteiger partial charge in [0.05, 0.1) is 24.8 Å². The highest BCUT2D eigenvalue weighted by atomic mass is 32.1. The van der Waals surface area contributed by atoms with Crippen LogP contribution in [0.4, 0.5) is 0 Å². The highest BCUT2D eigenvalue weighted by Gasteiger charge is 2.08. The Morgan fingerprint density at radius 1 is 1.12 bits per heavy atom. The number of thiazole rings is 1. The van der Waals surface area contributed by atoms with Crippen LogP contribution in [0.3, 0.4) is 0 Å². The van der Waals surface area contributed by atoms with Crippen molar-refractivity contribution in [1.82, 2.24) is 14.9 Å². The lowest BCUT2D eigenvalue weighted by Crippen LogP contribution is -2.12. The fourth-order valence-corrected chi connectivity index (χ4v) is 3.49. The van der Waals surface area contributed by atoms with E-state index in [9.17, 15) is 0 Å². The van der Waals surface area contributed by atoms with Gasteiger partial charge in [0.2, 0.25) is 0 Å². The summed E-state index contributed by atoms with van der Waals surface area (Å²) in [5, 5.41) is 4.50. The fourth-order valence-electron chi connectivity index (χ4n) is 2.53. The summed E-state index contributed by atoms with van der Waals surface area (Å²) >= 11 is 1.71. The molecule has 126 valence electrons. The van der Waals surface area contributed by atoms with Crippen molar-refractivity contribution in [2.75, 3.05) is 14.2 Å². The summed E-state index contributed by atoms with van der Waals surface area (Å²) in [7, 11) is 5.34. The molecule has 0 spiro atoms. The molecule has 24 heavy (non-hydrogen) atoms. The van der Waals surface area contributed by atoms with Crippen LogP contribution in [-0.2, 0) is 20.1 Å². The van der Waals surface area contributed by atoms with Crippen LogP contribution in [0.2, 0.25) is 0 Å². The Labute approximate surface area is 145 Å². The first-order chi connectivity index (χ1) is 11.7. The number of rotatable bonds is 7. The van der Waals surface area contributed by atoms with Gasteiger partial charge in [-0.3, -0.25) is 0 Å². The van der Waals surface area contributed by atoms with Gasteiger partial charge in [-0.25, -0.2) is 4.98 Å². The lowest BCUT2D eigenvalue weighted by Gasteiger charge is -2.09. The topological polar surface area (TPSA) is 48.3 Å². The number of ether oxygens (including phenoxy) is 2. The standard InChI is InChI=1S/C18H21N3O2S/c1-21-8-4-5-14(21)17-11-20-18(24-17)12-19-10-13-6-7-15(22-2)16(9-13)23-3/h4-9,11,19H,10,12H2,1-3H3. The summed E-state index contributed by atoms with van der Waals surface area (Å²) in [5.41, 5.74) is 2.34. The van der Waals surface area contributed by atoms with E-state index in [4.69, 9.17) is 9.47 Å². The number of methoxy groups -OCH3 is 2. The van der Waals surface area contributed by atoms with Gasteiger partial charge in [0, 0.05) is 32.5 Å². The molecule has 0 atom stereocenters. The third-order valence-electron chi connectivity index (χ3n) is 3.80. The van der Waals surface area contributed by atoms with Crippen LogP contribution in [0.5, 0.6) is 11.5 Å². The van der Waals surface area contributed by atoms with Crippen LogP contribution >= 0.6 is 11.3 Å². The van der Waals surface area contributed by atoms with Crippen LogP contribution in [0.25, 0.3) is 10.6 Å². The van der Waals surface area contributed by atoms with Crippen LogP contribution in [-0.4, -0.2) is 23.8 Å². The third-order valence-corrected chi connectivity index (χ3v) is 4.82. The van der Waals surface area contributed by atoms with E-state index >= 15 is 0 Å². The van der Waals surface area contributed by atoms with Crippen molar-refractivity contribution in [3.05, 3.63) is 53.3 Å². The summed E-state index contributed by atoms with van der Waals surface area (Å²) in [5.74, 6) is 1.49. The molecule has 0 saturated heterocycles. The van der Waals surface area contributed by atoms with E-state index in [0.29, 0.717) is 0 Å². The van der Waals surface area contributed by atoms with Crippen LogP contribution < -0.4 is 14.8 Å². The molecule has 0 fully saturated rings. The van der Waals surface area contributed by atoms with Crippen LogP contribution in [0.1, 0.15) is 10.6 Å². The van der Waals surface area contributed by atoms with E-state index in [1.165, 1.54) is 10.6 Å². The van der Waals surface area contributed by atoms with Gasteiger partial charge in [-0.15, -0.1) is 11.3 Å². The molecule has 5 nitrogen and oxygen atoms in total. The lowest BCUT2D eigenvalue weighted by molar-refractivity contribution is 0.354. The number of nitrogens with one attached hydrogen (secondary N) is 1. The average Bonchev–Trinajstić information content (AvgIpc) is 3.23. The van der Waals surface area contributed by atoms with Gasteiger partial charge in [-0.2, -0.15) is 0 Å². The Morgan fingerprint density at radius 2 is 1.96 bits per heavy atom. The SMILES string of the molecule is COc1ccc(CNCc2ncc(-c3cccn3C)s2)cc1OC. The van der Waals surface area contributed by atoms with E-state index in [0.717, 1.165) is 35.2 Å². The highest BCUT2D eigenvalue weighted by molar-refractivity contribution is 7.15. The lowest BCUT2D eigenvalue weighted by atomic mass is 10.2. The minimum Gasteiger partial charge on any atom is -0.493 e. The molecule has 1 N–H and O–H groups in total. The zero-order chi connectivity index (χ0) is 16.9. The van der Waals surface area contributed by atoms with Gasteiger partial charge >= 0.3 is 0 Å². The molecule has 2 heterocycles. The minimum absolute atomic E-state index is 0.740. The minimum atomic E-state index is 0.740. The van der Waals surface area contributed by atoms with Crippen molar-refractivity contribution < 1.29 is 9.47 Å². The Balaban J connectivity index is 1.59. The monoisotopic (exact) mass is 343 g/mol. The summed E-state index contributed by atoms with van der Waals surface area (Å²) in [6, 6.07) is 10.1. The first kappa shape index (κ1) is 16.5. The summed E-state index contributed by atoms with van der Waals surface area (Å²) < 4.78 is 12.7. The molecule has 0 aliphatic heterocycles. The second-order valence-electron chi connectivity index (χ2n) is 5.42. The average molecular weight is 343 g/mol. The first-order valence-corrected chi connectivity index (χ1v) is 8.51. The number of nitrogens with zero attached hydrogens (tertiary/aromatic N) is 2. The predicted octanol–water partition coefficient (Wildman–Crippen LogP) is 3.46. The second kappa shape index (κ2) is 7.51. The van der Waals surface area contributed by atoms with Gasteiger partial charge in [-0.1, -0.05) is 6.07 Å². The number of hydrogen-bond acceptors (Lipinski definition) is 5. The molecule has 3 aromatic rings. The molecule has 0 saturated carbocycles. The van der Waals surface area contributed by atoms with Crippen molar-refractivity contribution >= 4 is 11.3 Å². The van der Waals surface area contributed by atoms with Gasteiger partial charge in [-0.05, 0) is 29.8 Å². The fraction of sp³-hybridized carbons (Fsp3) is 0.278. The van der Waals surface area contributed by atoms with E-state index in [-0.39, 0.29) is 0 Å². The maximum absolute atomic E-state index is 5.33. The van der Waals surface area contributed by atoms with Crippen LogP contribution in [0.15, 0.2) is 42.7 Å². The number of hydrogen-bond donors (Lipinski definition) is 1. The molecule has 3 rings (SSSR count). The highest BCUT2D eigenvalue weighted by Crippen LogP contribution is 2.28. The van der Waals surface area contributed by atoms with Crippen molar-refractivity contribution in [3.63, 3.8) is 0 Å². The quantitative estimate of drug-likeness (QED) is 0.714. The Morgan fingerprint density at radius 3 is 2.67 bits per heavy atom.